The normalized spacial score (nSPS) is 10.4. The lowest BCUT2D eigenvalue weighted by atomic mass is 10.2. The Bertz CT molecular complexity index is 560. The number of rotatable bonds is 4. The molecule has 0 spiro atoms. The van der Waals surface area contributed by atoms with Gasteiger partial charge in [-0.25, -0.2) is 4.98 Å². The third kappa shape index (κ3) is 2.78. The van der Waals surface area contributed by atoms with Crippen LogP contribution in [0.25, 0.3) is 0 Å². The van der Waals surface area contributed by atoms with Crippen LogP contribution in [0.3, 0.4) is 0 Å². The molecule has 0 aliphatic carbocycles. The number of hydrogen-bond donors (Lipinski definition) is 0. The van der Waals surface area contributed by atoms with Crippen molar-refractivity contribution in [1.82, 2.24) is 14.8 Å². The molecule has 1 aromatic heterocycles. The zero-order chi connectivity index (χ0) is 13.1. The summed E-state index contributed by atoms with van der Waals surface area (Å²) >= 11 is 6.73. The van der Waals surface area contributed by atoms with E-state index in [-0.39, 0.29) is 0 Å². The summed E-state index contributed by atoms with van der Waals surface area (Å²) in [5.74, 6) is 1.34. The maximum absolute atomic E-state index is 10.7. The highest BCUT2D eigenvalue weighted by Crippen LogP contribution is 2.34. The minimum Gasteiger partial charge on any atom is -0.483 e. The molecule has 0 radical (unpaired) electrons. The Morgan fingerprint density at radius 2 is 2.06 bits per heavy atom. The molecule has 2 aromatic rings. The van der Waals surface area contributed by atoms with Gasteiger partial charge in [-0.3, -0.25) is 9.48 Å². The first-order valence-electron chi connectivity index (χ1n) is 5.01. The van der Waals surface area contributed by atoms with E-state index in [0.29, 0.717) is 32.7 Å². The molecule has 0 aliphatic heterocycles. The highest BCUT2D eigenvalue weighted by molar-refractivity contribution is 9.11. The summed E-state index contributed by atoms with van der Waals surface area (Å²) in [6.07, 6.45) is 2.25. The van der Waals surface area contributed by atoms with Gasteiger partial charge < -0.3 is 4.74 Å². The van der Waals surface area contributed by atoms with E-state index in [0.717, 1.165) is 6.29 Å². The fourth-order valence-electron chi connectivity index (χ4n) is 1.37. The summed E-state index contributed by atoms with van der Waals surface area (Å²) in [4.78, 5) is 14.8. The van der Waals surface area contributed by atoms with Crippen LogP contribution >= 0.6 is 31.9 Å². The van der Waals surface area contributed by atoms with Gasteiger partial charge in [0.25, 0.3) is 0 Å². The lowest BCUT2D eigenvalue weighted by Gasteiger charge is -2.10. The summed E-state index contributed by atoms with van der Waals surface area (Å²) in [6.45, 7) is 0.300. The van der Waals surface area contributed by atoms with E-state index in [4.69, 9.17) is 4.74 Å². The minimum atomic E-state index is 0.300. The molecule has 0 N–H and O–H groups in total. The average Bonchev–Trinajstić information content (AvgIpc) is 2.73. The van der Waals surface area contributed by atoms with Crippen LogP contribution in [0.1, 0.15) is 16.2 Å². The number of nitrogens with zero attached hydrogens (tertiary/aromatic N) is 3. The fraction of sp³-hybridized carbons (Fsp3) is 0.182. The standard InChI is InChI=1S/C11H9Br2N3O2/c1-16-10(14-6-15-16)5-18-11-8(12)2-7(4-17)3-9(11)13/h2-4,6H,5H2,1H3. The molecule has 0 saturated carbocycles. The van der Waals surface area contributed by atoms with Gasteiger partial charge in [0.2, 0.25) is 0 Å². The van der Waals surface area contributed by atoms with Crippen molar-refractivity contribution in [3.05, 3.63) is 38.8 Å². The van der Waals surface area contributed by atoms with Crippen LogP contribution in [0.2, 0.25) is 0 Å². The molecule has 0 bridgehead atoms. The first kappa shape index (κ1) is 13.2. The molecule has 0 atom stereocenters. The van der Waals surface area contributed by atoms with Gasteiger partial charge in [-0.15, -0.1) is 0 Å². The number of benzene rings is 1. The number of ether oxygens (including phenoxy) is 1. The second kappa shape index (κ2) is 5.62. The molecule has 0 fully saturated rings. The van der Waals surface area contributed by atoms with Crippen molar-refractivity contribution >= 4 is 38.1 Å². The van der Waals surface area contributed by atoms with Crippen LogP contribution in [-0.4, -0.2) is 21.1 Å². The Morgan fingerprint density at radius 3 is 2.56 bits per heavy atom. The highest BCUT2D eigenvalue weighted by atomic mass is 79.9. The molecule has 0 aliphatic rings. The first-order valence-corrected chi connectivity index (χ1v) is 6.60. The molecule has 94 valence electrons. The van der Waals surface area contributed by atoms with Crippen LogP contribution in [0.4, 0.5) is 0 Å². The van der Waals surface area contributed by atoms with E-state index in [2.05, 4.69) is 41.9 Å². The highest BCUT2D eigenvalue weighted by Gasteiger charge is 2.10. The van der Waals surface area contributed by atoms with Crippen molar-refractivity contribution in [2.45, 2.75) is 6.61 Å². The van der Waals surface area contributed by atoms with Crippen LogP contribution in [0.5, 0.6) is 5.75 Å². The van der Waals surface area contributed by atoms with Gasteiger partial charge in [0.1, 0.15) is 25.0 Å². The van der Waals surface area contributed by atoms with Crippen molar-refractivity contribution in [3.8, 4) is 5.75 Å². The number of carbonyl (C=O) groups excluding carboxylic acids is 1. The van der Waals surface area contributed by atoms with E-state index in [9.17, 15) is 4.79 Å². The Labute approximate surface area is 120 Å². The predicted molar refractivity (Wildman–Crippen MR) is 72.6 cm³/mol. The second-order valence-electron chi connectivity index (χ2n) is 3.52. The van der Waals surface area contributed by atoms with Crippen molar-refractivity contribution < 1.29 is 9.53 Å². The first-order chi connectivity index (χ1) is 8.61. The van der Waals surface area contributed by atoms with Gasteiger partial charge in [-0.05, 0) is 44.0 Å². The summed E-state index contributed by atoms with van der Waals surface area (Å²) in [5.41, 5.74) is 0.569. The lowest BCUT2D eigenvalue weighted by molar-refractivity contribution is 0.112. The lowest BCUT2D eigenvalue weighted by Crippen LogP contribution is -2.05. The van der Waals surface area contributed by atoms with Gasteiger partial charge in [-0.2, -0.15) is 5.10 Å². The molecule has 2 rings (SSSR count). The van der Waals surface area contributed by atoms with Gasteiger partial charge in [0, 0.05) is 12.6 Å². The van der Waals surface area contributed by atoms with Crippen molar-refractivity contribution in [2.75, 3.05) is 0 Å². The average molecular weight is 375 g/mol. The molecule has 0 unspecified atom stereocenters. The molecular weight excluding hydrogens is 366 g/mol. The molecule has 0 saturated heterocycles. The molecular formula is C11H9Br2N3O2. The largest absolute Gasteiger partial charge is 0.483 e. The maximum Gasteiger partial charge on any atom is 0.164 e. The van der Waals surface area contributed by atoms with Gasteiger partial charge in [-0.1, -0.05) is 0 Å². The number of aromatic nitrogens is 3. The van der Waals surface area contributed by atoms with E-state index in [1.54, 1.807) is 23.9 Å². The number of carbonyl (C=O) groups is 1. The molecule has 1 heterocycles. The summed E-state index contributed by atoms with van der Waals surface area (Å²) < 4.78 is 8.72. The predicted octanol–water partition coefficient (Wildman–Crippen LogP) is 2.73. The van der Waals surface area contributed by atoms with Crippen molar-refractivity contribution in [2.24, 2.45) is 7.05 Å². The molecule has 5 nitrogen and oxygen atoms in total. The topological polar surface area (TPSA) is 57.0 Å². The molecule has 18 heavy (non-hydrogen) atoms. The summed E-state index contributed by atoms with van der Waals surface area (Å²) in [6, 6.07) is 3.40. The van der Waals surface area contributed by atoms with Gasteiger partial charge in [0.05, 0.1) is 8.95 Å². The summed E-state index contributed by atoms with van der Waals surface area (Å²) in [5, 5.41) is 3.96. The molecule has 7 heteroatoms. The van der Waals surface area contributed by atoms with Crippen molar-refractivity contribution in [1.29, 1.82) is 0 Å². The zero-order valence-electron chi connectivity index (χ0n) is 9.43. The number of aryl methyl sites for hydroxylation is 1. The van der Waals surface area contributed by atoms with Gasteiger partial charge >= 0.3 is 0 Å². The quantitative estimate of drug-likeness (QED) is 0.772. The van der Waals surface area contributed by atoms with E-state index < -0.39 is 0 Å². The SMILES string of the molecule is Cn1ncnc1COc1c(Br)cc(C=O)cc1Br. The third-order valence-electron chi connectivity index (χ3n) is 2.31. The van der Waals surface area contributed by atoms with Crippen LogP contribution < -0.4 is 4.74 Å². The number of aldehydes is 1. The number of hydrogen-bond acceptors (Lipinski definition) is 4. The van der Waals surface area contributed by atoms with E-state index in [1.807, 2.05) is 0 Å². The van der Waals surface area contributed by atoms with Crippen molar-refractivity contribution in [3.63, 3.8) is 0 Å². The van der Waals surface area contributed by atoms with E-state index >= 15 is 0 Å². The Balaban J connectivity index is 2.19. The van der Waals surface area contributed by atoms with E-state index in [1.165, 1.54) is 6.33 Å². The monoisotopic (exact) mass is 373 g/mol. The second-order valence-corrected chi connectivity index (χ2v) is 5.23. The minimum absolute atomic E-state index is 0.300. The Hall–Kier alpha value is -1.21. The zero-order valence-corrected chi connectivity index (χ0v) is 12.6. The van der Waals surface area contributed by atoms with Crippen LogP contribution in [0, 0.1) is 0 Å². The Morgan fingerprint density at radius 1 is 1.39 bits per heavy atom. The van der Waals surface area contributed by atoms with Crippen LogP contribution in [-0.2, 0) is 13.7 Å². The Kier molecular flexibility index (Phi) is 4.13. The molecule has 0 amide bonds. The molecule has 1 aromatic carbocycles. The van der Waals surface area contributed by atoms with Crippen LogP contribution in [0.15, 0.2) is 27.4 Å². The fourth-order valence-corrected chi connectivity index (χ4v) is 2.82. The number of halogens is 2. The smallest absolute Gasteiger partial charge is 0.164 e. The maximum atomic E-state index is 10.7. The third-order valence-corrected chi connectivity index (χ3v) is 3.49. The summed E-state index contributed by atoms with van der Waals surface area (Å²) in [7, 11) is 1.80. The van der Waals surface area contributed by atoms with Gasteiger partial charge in [0.15, 0.2) is 5.82 Å².